The van der Waals surface area contributed by atoms with E-state index in [9.17, 15) is 15.3 Å². The molecule has 9 nitrogen and oxygen atoms in total. The fourth-order valence-electron chi connectivity index (χ4n) is 3.88. The van der Waals surface area contributed by atoms with E-state index < -0.39 is 31.1 Å². The van der Waals surface area contributed by atoms with Crippen molar-refractivity contribution in [3.05, 3.63) is 42.9 Å². The molecule has 1 saturated heterocycles. The van der Waals surface area contributed by atoms with Crippen molar-refractivity contribution in [3.8, 4) is 11.3 Å². The topological polar surface area (TPSA) is 126 Å². The van der Waals surface area contributed by atoms with Gasteiger partial charge in [0.25, 0.3) is 0 Å². The van der Waals surface area contributed by atoms with Gasteiger partial charge in [0.05, 0.1) is 12.0 Å². The van der Waals surface area contributed by atoms with Crippen molar-refractivity contribution < 1.29 is 24.5 Å². The number of aliphatic hydroxyl groups is 3. The van der Waals surface area contributed by atoms with Gasteiger partial charge >= 0.3 is 0 Å². The van der Waals surface area contributed by atoms with Crippen LogP contribution >= 0.6 is 0 Å². The maximum Gasteiger partial charge on any atom is 0.164 e. The van der Waals surface area contributed by atoms with Crippen LogP contribution in [0.2, 0.25) is 0 Å². The summed E-state index contributed by atoms with van der Waals surface area (Å²) in [4.78, 5) is 8.68. The highest BCUT2D eigenvalue weighted by Crippen LogP contribution is 2.40. The second-order valence-electron chi connectivity index (χ2n) is 7.00. The van der Waals surface area contributed by atoms with Crippen LogP contribution in [0.25, 0.3) is 33.3 Å². The minimum Gasteiger partial charge on any atom is -0.456 e. The normalized spacial score (nSPS) is 24.6. The van der Waals surface area contributed by atoms with Crippen LogP contribution in [0, 0.1) is 0 Å². The summed E-state index contributed by atoms with van der Waals surface area (Å²) in [5, 5.41) is 34.8. The number of rotatable bonds is 4. The molecule has 3 aromatic heterocycles. The highest BCUT2D eigenvalue weighted by Gasteiger charge is 2.44. The molecule has 29 heavy (non-hydrogen) atoms. The molecule has 1 aromatic carbocycles. The lowest BCUT2D eigenvalue weighted by Crippen LogP contribution is -2.33. The van der Waals surface area contributed by atoms with E-state index in [0.29, 0.717) is 22.6 Å². The van der Waals surface area contributed by atoms with Crippen LogP contribution in [0.3, 0.4) is 0 Å². The van der Waals surface area contributed by atoms with Gasteiger partial charge in [0.1, 0.15) is 47.4 Å². The summed E-state index contributed by atoms with van der Waals surface area (Å²) in [5.74, 6) is 1.21. The average molecular weight is 396 g/mol. The Balaban J connectivity index is 1.73. The Hall–Kier alpha value is -2.98. The summed E-state index contributed by atoms with van der Waals surface area (Å²) in [6.07, 6.45) is -1.05. The van der Waals surface area contributed by atoms with Crippen molar-refractivity contribution >= 4 is 27.8 Å². The number of ether oxygens (including phenoxy) is 1. The van der Waals surface area contributed by atoms with Gasteiger partial charge in [0.15, 0.2) is 6.23 Å². The Bertz CT molecular complexity index is 1150. The molecule has 5 rings (SSSR count). The predicted molar refractivity (Wildman–Crippen MR) is 105 cm³/mol. The van der Waals surface area contributed by atoms with E-state index in [1.54, 1.807) is 17.8 Å². The maximum atomic E-state index is 10.5. The fourth-order valence-corrected chi connectivity index (χ4v) is 3.88. The van der Waals surface area contributed by atoms with E-state index in [-0.39, 0.29) is 0 Å². The zero-order valence-electron chi connectivity index (χ0n) is 15.6. The number of hydrogen-bond acceptors (Lipinski definition) is 8. The molecule has 0 bridgehead atoms. The van der Waals surface area contributed by atoms with Gasteiger partial charge in [-0.2, -0.15) is 0 Å². The van der Waals surface area contributed by atoms with Crippen molar-refractivity contribution in [2.45, 2.75) is 24.5 Å². The van der Waals surface area contributed by atoms with Gasteiger partial charge < -0.3 is 34.4 Å². The molecule has 150 valence electrons. The lowest BCUT2D eigenvalue weighted by atomic mass is 10.1. The molecule has 0 saturated carbocycles. The van der Waals surface area contributed by atoms with Crippen molar-refractivity contribution in [2.75, 3.05) is 19.0 Å². The number of benzene rings is 1. The number of fused-ring (bicyclic) bond motifs is 2. The van der Waals surface area contributed by atoms with E-state index in [2.05, 4.69) is 15.3 Å². The number of nitrogens with zero attached hydrogens (tertiary/aromatic N) is 3. The van der Waals surface area contributed by atoms with Crippen LogP contribution in [0.5, 0.6) is 0 Å². The van der Waals surface area contributed by atoms with Gasteiger partial charge in [-0.15, -0.1) is 0 Å². The summed E-state index contributed by atoms with van der Waals surface area (Å²) >= 11 is 0. The van der Waals surface area contributed by atoms with Gasteiger partial charge in [-0.25, -0.2) is 9.97 Å². The first kappa shape index (κ1) is 18.1. The maximum absolute atomic E-state index is 10.5. The van der Waals surface area contributed by atoms with Gasteiger partial charge in [-0.1, -0.05) is 18.2 Å². The number of furan rings is 1. The predicted octanol–water partition coefficient (Wildman–Crippen LogP) is 1.50. The molecule has 1 fully saturated rings. The molecular weight excluding hydrogens is 376 g/mol. The van der Waals surface area contributed by atoms with Gasteiger partial charge in [0, 0.05) is 24.2 Å². The molecule has 4 aromatic rings. The number of aliphatic hydroxyl groups excluding tert-OH is 3. The first-order valence-electron chi connectivity index (χ1n) is 9.27. The zero-order chi connectivity index (χ0) is 20.1. The smallest absolute Gasteiger partial charge is 0.164 e. The third-order valence-corrected chi connectivity index (χ3v) is 5.33. The highest BCUT2D eigenvalue weighted by atomic mass is 16.6. The van der Waals surface area contributed by atoms with Gasteiger partial charge in [0.2, 0.25) is 0 Å². The van der Waals surface area contributed by atoms with E-state index in [0.717, 1.165) is 16.5 Å². The minimum absolute atomic E-state index is 0.402. The molecule has 1 aliphatic heterocycles. The van der Waals surface area contributed by atoms with E-state index in [4.69, 9.17) is 9.15 Å². The minimum atomic E-state index is -1.22. The second kappa shape index (κ2) is 6.82. The van der Waals surface area contributed by atoms with Gasteiger partial charge in [-0.3, -0.25) is 0 Å². The Kier molecular flexibility index (Phi) is 4.25. The third-order valence-electron chi connectivity index (χ3n) is 5.33. The lowest BCUT2D eigenvalue weighted by Gasteiger charge is -2.17. The lowest BCUT2D eigenvalue weighted by molar-refractivity contribution is -0.0508. The van der Waals surface area contributed by atoms with Crippen molar-refractivity contribution in [1.82, 2.24) is 14.5 Å². The average Bonchev–Trinajstić information content (AvgIpc) is 3.42. The zero-order valence-corrected chi connectivity index (χ0v) is 15.6. The number of para-hydroxylation sites is 1. The van der Waals surface area contributed by atoms with Crippen molar-refractivity contribution in [1.29, 1.82) is 0 Å². The molecule has 9 heteroatoms. The Labute approximate surface area is 165 Å². The van der Waals surface area contributed by atoms with Crippen LogP contribution in [-0.4, -0.2) is 61.8 Å². The highest BCUT2D eigenvalue weighted by molar-refractivity contribution is 6.01. The third kappa shape index (κ3) is 2.70. The number of anilines is 1. The van der Waals surface area contributed by atoms with Crippen LogP contribution < -0.4 is 5.32 Å². The molecule has 0 aliphatic carbocycles. The summed E-state index contributed by atoms with van der Waals surface area (Å²) in [7, 11) is 1.76. The SMILES string of the molecule is CNc1ncnc2c1c(-c1cc3ccccc3o1)cn2[C@@H]1O[C@H](CO)[C@@H](O)[C@H]1O. The van der Waals surface area contributed by atoms with Gasteiger partial charge in [-0.05, 0) is 12.1 Å². The molecule has 0 amide bonds. The number of aromatic nitrogens is 3. The van der Waals surface area contributed by atoms with Crippen LogP contribution in [-0.2, 0) is 4.74 Å². The van der Waals surface area contributed by atoms with Crippen molar-refractivity contribution in [2.24, 2.45) is 0 Å². The molecule has 4 N–H and O–H groups in total. The second-order valence-corrected chi connectivity index (χ2v) is 7.00. The molecule has 0 unspecified atom stereocenters. The first-order chi connectivity index (χ1) is 14.1. The van der Waals surface area contributed by atoms with Crippen LogP contribution in [0.1, 0.15) is 6.23 Å². The summed E-state index contributed by atoms with van der Waals surface area (Å²) < 4.78 is 13.4. The number of hydrogen-bond donors (Lipinski definition) is 4. The molecular formula is C20H20N4O5. The molecule has 0 spiro atoms. The Morgan fingerprint density at radius 1 is 1.17 bits per heavy atom. The molecule has 4 heterocycles. The Morgan fingerprint density at radius 2 is 2.00 bits per heavy atom. The summed E-state index contributed by atoms with van der Waals surface area (Å²) in [5.41, 5.74) is 1.98. The molecule has 4 atom stereocenters. The van der Waals surface area contributed by atoms with Crippen LogP contribution in [0.4, 0.5) is 5.82 Å². The first-order valence-corrected chi connectivity index (χ1v) is 9.27. The molecule has 1 aliphatic rings. The standard InChI is InChI=1S/C20H20N4O5/c1-21-18-15-11(13-6-10-4-2-3-5-12(10)28-13)7-24(19(15)23-9-22-18)20-17(27)16(26)14(8-25)29-20/h2-7,9,14,16-17,20,25-27H,8H2,1H3,(H,21,22,23)/t14-,16-,17-,20-/m1/s1. The summed E-state index contributed by atoms with van der Waals surface area (Å²) in [6.45, 7) is -0.402. The number of nitrogens with one attached hydrogen (secondary N) is 1. The van der Waals surface area contributed by atoms with E-state index in [1.165, 1.54) is 6.33 Å². The van der Waals surface area contributed by atoms with Crippen LogP contribution in [0.15, 0.2) is 47.3 Å². The Morgan fingerprint density at radius 3 is 2.72 bits per heavy atom. The van der Waals surface area contributed by atoms with E-state index >= 15 is 0 Å². The summed E-state index contributed by atoms with van der Waals surface area (Å²) in [6, 6.07) is 9.62. The largest absolute Gasteiger partial charge is 0.456 e. The quantitative estimate of drug-likeness (QED) is 0.409. The molecule has 0 radical (unpaired) electrons. The van der Waals surface area contributed by atoms with E-state index in [1.807, 2.05) is 30.3 Å². The van der Waals surface area contributed by atoms with Crippen molar-refractivity contribution in [3.63, 3.8) is 0 Å². The monoisotopic (exact) mass is 396 g/mol. The fraction of sp³-hybridized carbons (Fsp3) is 0.300.